The predicted molar refractivity (Wildman–Crippen MR) is 93.9 cm³/mol. The lowest BCUT2D eigenvalue weighted by Gasteiger charge is -2.17. The molecule has 0 atom stereocenters. The molecule has 0 aliphatic carbocycles. The van der Waals surface area contributed by atoms with Crippen molar-refractivity contribution in [3.8, 4) is 5.75 Å². The Morgan fingerprint density at radius 1 is 1.13 bits per heavy atom. The van der Waals surface area contributed by atoms with Gasteiger partial charge in [-0.1, -0.05) is 35.4 Å². The number of carbonyl (C=O) groups is 1. The third-order valence-corrected chi connectivity index (χ3v) is 3.50. The molecule has 4 nitrogen and oxygen atoms in total. The van der Waals surface area contributed by atoms with Gasteiger partial charge in [0, 0.05) is 18.3 Å². The first kappa shape index (κ1) is 17.0. The molecule has 0 heterocycles. The minimum absolute atomic E-state index is 0.0369. The summed E-state index contributed by atoms with van der Waals surface area (Å²) in [6.45, 7) is 5.26. The van der Waals surface area contributed by atoms with E-state index in [-0.39, 0.29) is 5.91 Å². The van der Waals surface area contributed by atoms with E-state index in [2.05, 4.69) is 37.4 Å². The molecule has 1 amide bonds. The first-order valence-corrected chi connectivity index (χ1v) is 7.66. The smallest absolute Gasteiger partial charge is 0.238 e. The summed E-state index contributed by atoms with van der Waals surface area (Å²) in [5.74, 6) is 0.691. The molecule has 0 saturated carbocycles. The van der Waals surface area contributed by atoms with E-state index in [4.69, 9.17) is 4.74 Å². The van der Waals surface area contributed by atoms with Gasteiger partial charge in [-0.05, 0) is 38.6 Å². The quantitative estimate of drug-likeness (QED) is 0.889. The van der Waals surface area contributed by atoms with Crippen LogP contribution in [0.2, 0.25) is 0 Å². The molecule has 0 radical (unpaired) electrons. The highest BCUT2D eigenvalue weighted by Crippen LogP contribution is 2.16. The van der Waals surface area contributed by atoms with Crippen LogP contribution in [0.25, 0.3) is 0 Å². The molecule has 23 heavy (non-hydrogen) atoms. The molecule has 2 aromatic rings. The fourth-order valence-corrected chi connectivity index (χ4v) is 2.67. The molecule has 0 saturated heterocycles. The van der Waals surface area contributed by atoms with Crippen molar-refractivity contribution >= 4 is 11.6 Å². The van der Waals surface area contributed by atoms with Gasteiger partial charge < -0.3 is 10.1 Å². The van der Waals surface area contributed by atoms with Crippen LogP contribution in [-0.2, 0) is 11.3 Å². The predicted octanol–water partition coefficient (Wildman–Crippen LogP) is 3.38. The highest BCUT2D eigenvalue weighted by molar-refractivity contribution is 5.92. The van der Waals surface area contributed by atoms with E-state index in [0.29, 0.717) is 6.54 Å². The number of likely N-dealkylation sites (N-methyl/N-ethyl adjacent to an activating group) is 1. The monoisotopic (exact) mass is 312 g/mol. The van der Waals surface area contributed by atoms with Gasteiger partial charge in [0.05, 0.1) is 13.7 Å². The zero-order valence-corrected chi connectivity index (χ0v) is 14.2. The average molecular weight is 312 g/mol. The van der Waals surface area contributed by atoms with E-state index in [1.54, 1.807) is 7.11 Å². The SMILES string of the molecule is COc1cccc(NC(=O)CN(C)Cc2cc(C)cc(C)c2)c1. The summed E-state index contributed by atoms with van der Waals surface area (Å²) in [6.07, 6.45) is 0. The number of hydrogen-bond donors (Lipinski definition) is 1. The summed E-state index contributed by atoms with van der Waals surface area (Å²) in [4.78, 5) is 14.2. The normalized spacial score (nSPS) is 10.7. The Kier molecular flexibility index (Phi) is 5.77. The summed E-state index contributed by atoms with van der Waals surface area (Å²) >= 11 is 0. The molecule has 0 spiro atoms. The summed E-state index contributed by atoms with van der Waals surface area (Å²) < 4.78 is 5.16. The molecule has 0 aromatic heterocycles. The van der Waals surface area contributed by atoms with Crippen LogP contribution in [0.15, 0.2) is 42.5 Å². The minimum Gasteiger partial charge on any atom is -0.497 e. The third kappa shape index (κ3) is 5.42. The number of rotatable bonds is 6. The molecular weight excluding hydrogens is 288 g/mol. The van der Waals surface area contributed by atoms with Crippen molar-refractivity contribution in [3.05, 3.63) is 59.2 Å². The van der Waals surface area contributed by atoms with Crippen LogP contribution in [0.4, 0.5) is 5.69 Å². The van der Waals surface area contributed by atoms with E-state index in [1.807, 2.05) is 36.2 Å². The molecule has 0 unspecified atom stereocenters. The van der Waals surface area contributed by atoms with Gasteiger partial charge in [-0.3, -0.25) is 9.69 Å². The number of amides is 1. The van der Waals surface area contributed by atoms with Crippen LogP contribution < -0.4 is 10.1 Å². The van der Waals surface area contributed by atoms with Crippen molar-refractivity contribution in [1.29, 1.82) is 0 Å². The number of nitrogens with zero attached hydrogens (tertiary/aromatic N) is 1. The van der Waals surface area contributed by atoms with Gasteiger partial charge in [-0.25, -0.2) is 0 Å². The fourth-order valence-electron chi connectivity index (χ4n) is 2.67. The maximum atomic E-state index is 12.2. The summed E-state index contributed by atoms with van der Waals surface area (Å²) in [5, 5.41) is 2.90. The van der Waals surface area contributed by atoms with E-state index in [1.165, 1.54) is 16.7 Å². The first-order chi connectivity index (χ1) is 11.0. The highest BCUT2D eigenvalue weighted by Gasteiger charge is 2.08. The lowest BCUT2D eigenvalue weighted by atomic mass is 10.1. The number of benzene rings is 2. The average Bonchev–Trinajstić information content (AvgIpc) is 2.45. The Hall–Kier alpha value is -2.33. The second-order valence-electron chi connectivity index (χ2n) is 5.95. The van der Waals surface area contributed by atoms with E-state index >= 15 is 0 Å². The molecule has 2 aromatic carbocycles. The number of methoxy groups -OCH3 is 1. The molecule has 1 N–H and O–H groups in total. The van der Waals surface area contributed by atoms with Crippen molar-refractivity contribution in [2.24, 2.45) is 0 Å². The van der Waals surface area contributed by atoms with E-state index < -0.39 is 0 Å². The molecule has 0 bridgehead atoms. The lowest BCUT2D eigenvalue weighted by molar-refractivity contribution is -0.117. The van der Waals surface area contributed by atoms with Crippen LogP contribution in [0.1, 0.15) is 16.7 Å². The number of carbonyl (C=O) groups excluding carboxylic acids is 1. The Labute approximate surface area is 138 Å². The Balaban J connectivity index is 1.91. The Bertz CT molecular complexity index is 663. The lowest BCUT2D eigenvalue weighted by Crippen LogP contribution is -2.29. The van der Waals surface area contributed by atoms with Crippen LogP contribution in [0.5, 0.6) is 5.75 Å². The van der Waals surface area contributed by atoms with Gasteiger partial charge >= 0.3 is 0 Å². The zero-order chi connectivity index (χ0) is 16.8. The van der Waals surface area contributed by atoms with Gasteiger partial charge in [0.2, 0.25) is 5.91 Å². The zero-order valence-electron chi connectivity index (χ0n) is 14.2. The van der Waals surface area contributed by atoms with Gasteiger partial charge in [0.25, 0.3) is 0 Å². The fraction of sp³-hybridized carbons (Fsp3) is 0.316. The molecule has 0 fully saturated rings. The number of nitrogens with one attached hydrogen (secondary N) is 1. The standard InChI is InChI=1S/C19H24N2O2/c1-14-8-15(2)10-16(9-14)12-21(3)13-19(22)20-17-6-5-7-18(11-17)23-4/h5-11H,12-13H2,1-4H3,(H,20,22). The van der Waals surface area contributed by atoms with Gasteiger partial charge in [-0.15, -0.1) is 0 Å². The maximum absolute atomic E-state index is 12.2. The second kappa shape index (κ2) is 7.79. The van der Waals surface area contributed by atoms with Gasteiger partial charge in [0.1, 0.15) is 5.75 Å². The van der Waals surface area contributed by atoms with Crippen molar-refractivity contribution < 1.29 is 9.53 Å². The first-order valence-electron chi connectivity index (χ1n) is 7.66. The highest BCUT2D eigenvalue weighted by atomic mass is 16.5. The Morgan fingerprint density at radius 2 is 1.83 bits per heavy atom. The number of aryl methyl sites for hydroxylation is 2. The second-order valence-corrected chi connectivity index (χ2v) is 5.95. The van der Waals surface area contributed by atoms with Crippen molar-refractivity contribution in [3.63, 3.8) is 0 Å². The topological polar surface area (TPSA) is 41.6 Å². The minimum atomic E-state index is -0.0369. The van der Waals surface area contributed by atoms with Crippen molar-refractivity contribution in [1.82, 2.24) is 4.90 Å². The van der Waals surface area contributed by atoms with Crippen molar-refractivity contribution in [2.75, 3.05) is 26.0 Å². The van der Waals surface area contributed by atoms with Crippen LogP contribution in [0, 0.1) is 13.8 Å². The molecular formula is C19H24N2O2. The number of hydrogen-bond acceptors (Lipinski definition) is 3. The molecule has 4 heteroatoms. The third-order valence-electron chi connectivity index (χ3n) is 3.50. The molecule has 0 aliphatic heterocycles. The van der Waals surface area contributed by atoms with Gasteiger partial charge in [0.15, 0.2) is 0 Å². The number of ether oxygens (including phenoxy) is 1. The largest absolute Gasteiger partial charge is 0.497 e. The summed E-state index contributed by atoms with van der Waals surface area (Å²) in [6, 6.07) is 13.8. The van der Waals surface area contributed by atoms with Crippen LogP contribution in [-0.4, -0.2) is 31.5 Å². The van der Waals surface area contributed by atoms with Crippen LogP contribution >= 0.6 is 0 Å². The molecule has 2 rings (SSSR count). The van der Waals surface area contributed by atoms with Gasteiger partial charge in [-0.2, -0.15) is 0 Å². The Morgan fingerprint density at radius 3 is 2.48 bits per heavy atom. The van der Waals surface area contributed by atoms with E-state index in [9.17, 15) is 4.79 Å². The van der Waals surface area contributed by atoms with Crippen LogP contribution in [0.3, 0.4) is 0 Å². The summed E-state index contributed by atoms with van der Waals surface area (Å²) in [7, 11) is 3.56. The maximum Gasteiger partial charge on any atom is 0.238 e. The van der Waals surface area contributed by atoms with E-state index in [0.717, 1.165) is 18.0 Å². The molecule has 122 valence electrons. The van der Waals surface area contributed by atoms with Crippen molar-refractivity contribution in [2.45, 2.75) is 20.4 Å². The molecule has 0 aliphatic rings. The summed E-state index contributed by atoms with van der Waals surface area (Å²) in [5.41, 5.74) is 4.46. The number of anilines is 1.